The average molecular weight is 538 g/mol. The maximum Gasteiger partial charge on any atom is 0.471 e. The lowest BCUT2D eigenvalue weighted by atomic mass is 10.3. The summed E-state index contributed by atoms with van der Waals surface area (Å²) in [7, 11) is -4.73. The number of nitrogens with zero attached hydrogens (tertiary/aromatic N) is 2. The molecule has 1 amide bonds. The number of hydrogen-bond donors (Lipinski definition) is 3. The van der Waals surface area contributed by atoms with Gasteiger partial charge in [-0.05, 0) is 57.0 Å². The number of phosphoric acid groups is 1. The Hall–Kier alpha value is -0.450. The van der Waals surface area contributed by atoms with Gasteiger partial charge in [-0.3, -0.25) is 9.32 Å². The van der Waals surface area contributed by atoms with E-state index in [0.29, 0.717) is 10.7 Å². The van der Waals surface area contributed by atoms with Crippen LogP contribution in [0.3, 0.4) is 0 Å². The highest BCUT2D eigenvalue weighted by Gasteiger charge is 2.27. The molecule has 0 bridgehead atoms. The number of carbonyl (C=O) groups excluding carboxylic acids is 1. The minimum Gasteiger partial charge on any atom is -0.319 e. The van der Waals surface area contributed by atoms with Gasteiger partial charge in [-0.1, -0.05) is 23.2 Å². The van der Waals surface area contributed by atoms with Gasteiger partial charge in [0.05, 0.1) is 15.2 Å². The van der Waals surface area contributed by atoms with Crippen LogP contribution in [0.25, 0.3) is 0 Å². The van der Waals surface area contributed by atoms with Gasteiger partial charge in [0.25, 0.3) is 5.91 Å². The Morgan fingerprint density at radius 1 is 1.40 bits per heavy atom. The van der Waals surface area contributed by atoms with E-state index in [9.17, 15) is 9.36 Å². The van der Waals surface area contributed by atoms with Crippen molar-refractivity contribution in [2.24, 2.45) is 0 Å². The standard InChI is InChI=1S/C12H10Br2Cl2N3O5P/c1-5(24-25(21,22)23)19-11(14)9(13)10(18-19)12(20)17-8-3-2-6(15)4-7(8)16/h2-5H,1H3,(H,17,20)(H2,21,22,23). The number of rotatable bonds is 5. The molecule has 1 aromatic heterocycles. The van der Waals surface area contributed by atoms with E-state index < -0.39 is 20.0 Å². The van der Waals surface area contributed by atoms with Crippen LogP contribution >= 0.6 is 62.9 Å². The van der Waals surface area contributed by atoms with Crippen LogP contribution in [-0.4, -0.2) is 25.5 Å². The van der Waals surface area contributed by atoms with Gasteiger partial charge in [0, 0.05) is 5.02 Å². The van der Waals surface area contributed by atoms with Gasteiger partial charge in [-0.15, -0.1) is 0 Å². The topological polar surface area (TPSA) is 114 Å². The van der Waals surface area contributed by atoms with Crippen LogP contribution in [0, 0.1) is 0 Å². The van der Waals surface area contributed by atoms with Crippen LogP contribution in [0.2, 0.25) is 10.0 Å². The van der Waals surface area contributed by atoms with Gasteiger partial charge < -0.3 is 15.1 Å². The number of anilines is 1. The molecule has 8 nitrogen and oxygen atoms in total. The minimum absolute atomic E-state index is 0.0425. The zero-order valence-corrected chi connectivity index (χ0v) is 17.9. The summed E-state index contributed by atoms with van der Waals surface area (Å²) in [6.45, 7) is 1.36. The third-order valence-electron chi connectivity index (χ3n) is 2.83. The molecule has 1 heterocycles. The van der Waals surface area contributed by atoms with Gasteiger partial charge in [-0.2, -0.15) is 5.10 Å². The molecular weight excluding hydrogens is 528 g/mol. The Balaban J connectivity index is 2.29. The lowest BCUT2D eigenvalue weighted by molar-refractivity contribution is 0.0857. The van der Waals surface area contributed by atoms with Crippen molar-refractivity contribution in [3.05, 3.63) is 43.0 Å². The quantitative estimate of drug-likeness (QED) is 0.481. The molecule has 2 rings (SSSR count). The highest BCUT2D eigenvalue weighted by Crippen LogP contribution is 2.42. The summed E-state index contributed by atoms with van der Waals surface area (Å²) in [6, 6.07) is 4.56. The van der Waals surface area contributed by atoms with E-state index in [4.69, 9.17) is 33.0 Å². The van der Waals surface area contributed by atoms with Gasteiger partial charge in [0.2, 0.25) is 0 Å². The third kappa shape index (κ3) is 5.27. The molecule has 1 unspecified atom stereocenters. The molecule has 3 N–H and O–H groups in total. The number of phosphoric ester groups is 1. The number of aromatic nitrogens is 2. The lowest BCUT2D eigenvalue weighted by Crippen LogP contribution is -2.15. The Morgan fingerprint density at radius 3 is 2.60 bits per heavy atom. The average Bonchev–Trinajstić information content (AvgIpc) is 2.77. The number of amides is 1. The molecule has 136 valence electrons. The first-order valence-corrected chi connectivity index (χ1v) is 10.3. The fourth-order valence-corrected chi connectivity index (χ4v) is 3.73. The summed E-state index contributed by atoms with van der Waals surface area (Å²) in [5.41, 5.74) is 0.284. The van der Waals surface area contributed by atoms with Gasteiger partial charge >= 0.3 is 7.82 Å². The zero-order valence-electron chi connectivity index (χ0n) is 12.3. The van der Waals surface area contributed by atoms with Crippen molar-refractivity contribution in [3.63, 3.8) is 0 Å². The third-order valence-corrected chi connectivity index (χ3v) is 6.00. The summed E-state index contributed by atoms with van der Waals surface area (Å²) in [5, 5.41) is 7.24. The molecule has 0 aliphatic heterocycles. The predicted molar refractivity (Wildman–Crippen MR) is 99.9 cm³/mol. The number of hydrogen-bond acceptors (Lipinski definition) is 4. The molecule has 0 fully saturated rings. The van der Waals surface area contributed by atoms with Gasteiger partial charge in [0.1, 0.15) is 4.60 Å². The fourth-order valence-electron chi connectivity index (χ4n) is 1.80. The number of nitrogens with one attached hydrogen (secondary N) is 1. The van der Waals surface area contributed by atoms with Crippen molar-refractivity contribution < 1.29 is 23.7 Å². The molecule has 0 saturated carbocycles. The van der Waals surface area contributed by atoms with Crippen LogP contribution in [0.5, 0.6) is 0 Å². The largest absolute Gasteiger partial charge is 0.471 e. The monoisotopic (exact) mass is 535 g/mol. The molecule has 0 aliphatic carbocycles. The minimum atomic E-state index is -4.73. The fraction of sp³-hybridized carbons (Fsp3) is 0.167. The Labute approximate surface area is 168 Å². The Morgan fingerprint density at radius 2 is 2.04 bits per heavy atom. The molecule has 0 radical (unpaired) electrons. The second kappa shape index (κ2) is 8.06. The van der Waals surface area contributed by atoms with E-state index in [-0.39, 0.29) is 19.8 Å². The number of carbonyl (C=O) groups is 1. The molecule has 0 aliphatic rings. The SMILES string of the molecule is CC(OP(=O)(O)O)n1nc(C(=O)Nc2ccc(Cl)cc2Cl)c(Br)c1Br. The molecule has 0 spiro atoms. The molecule has 2 aromatic rings. The highest BCUT2D eigenvalue weighted by molar-refractivity contribution is 9.13. The van der Waals surface area contributed by atoms with Gasteiger partial charge in [-0.25, -0.2) is 9.25 Å². The Bertz CT molecular complexity index is 873. The van der Waals surface area contributed by atoms with Crippen LogP contribution in [-0.2, 0) is 9.09 Å². The Kier molecular flexibility index (Phi) is 6.72. The summed E-state index contributed by atoms with van der Waals surface area (Å²) in [5.74, 6) is -0.598. The second-order valence-electron chi connectivity index (χ2n) is 4.67. The summed E-state index contributed by atoms with van der Waals surface area (Å²) in [6.07, 6.45) is -1.13. The van der Waals surface area contributed by atoms with Crippen LogP contribution < -0.4 is 5.32 Å². The van der Waals surface area contributed by atoms with E-state index in [1.807, 2.05) is 0 Å². The lowest BCUT2D eigenvalue weighted by Gasteiger charge is -2.14. The second-order valence-corrected chi connectivity index (χ2v) is 8.25. The first-order chi connectivity index (χ1) is 11.5. The molecule has 1 aromatic carbocycles. The van der Waals surface area contributed by atoms with Crippen molar-refractivity contribution in [1.29, 1.82) is 0 Å². The molecule has 1 atom stereocenters. The molecule has 13 heteroatoms. The summed E-state index contributed by atoms with van der Waals surface area (Å²) in [4.78, 5) is 30.2. The van der Waals surface area contributed by atoms with E-state index in [2.05, 4.69) is 46.8 Å². The summed E-state index contributed by atoms with van der Waals surface area (Å²) >= 11 is 18.2. The highest BCUT2D eigenvalue weighted by atomic mass is 79.9. The smallest absolute Gasteiger partial charge is 0.319 e. The number of halogens is 4. The van der Waals surface area contributed by atoms with Crippen molar-refractivity contribution in [1.82, 2.24) is 9.78 Å². The summed E-state index contributed by atoms with van der Waals surface area (Å²) < 4.78 is 17.1. The van der Waals surface area contributed by atoms with Crippen molar-refractivity contribution in [3.8, 4) is 0 Å². The van der Waals surface area contributed by atoms with E-state index in [1.54, 1.807) is 6.07 Å². The maximum absolute atomic E-state index is 12.4. The van der Waals surface area contributed by atoms with Crippen LogP contribution in [0.4, 0.5) is 5.69 Å². The maximum atomic E-state index is 12.4. The molecule has 0 saturated heterocycles. The van der Waals surface area contributed by atoms with Crippen molar-refractivity contribution in [2.75, 3.05) is 5.32 Å². The van der Waals surface area contributed by atoms with Crippen molar-refractivity contribution >= 4 is 74.5 Å². The van der Waals surface area contributed by atoms with E-state index in [1.165, 1.54) is 19.1 Å². The van der Waals surface area contributed by atoms with E-state index >= 15 is 0 Å². The van der Waals surface area contributed by atoms with Gasteiger partial charge in [0.15, 0.2) is 11.9 Å². The van der Waals surface area contributed by atoms with Crippen LogP contribution in [0.1, 0.15) is 23.6 Å². The normalized spacial score (nSPS) is 12.9. The first-order valence-electron chi connectivity index (χ1n) is 6.43. The predicted octanol–water partition coefficient (Wildman–Crippen LogP) is 4.60. The van der Waals surface area contributed by atoms with E-state index in [0.717, 1.165) is 4.68 Å². The van der Waals surface area contributed by atoms with Crippen LogP contribution in [0.15, 0.2) is 27.3 Å². The molecule has 25 heavy (non-hydrogen) atoms. The first kappa shape index (κ1) is 20.9. The molecular formula is C12H10Br2Cl2N3O5P. The number of benzene rings is 1. The zero-order chi connectivity index (χ0) is 18.9. The van der Waals surface area contributed by atoms with Crippen molar-refractivity contribution in [2.45, 2.75) is 13.2 Å².